The summed E-state index contributed by atoms with van der Waals surface area (Å²) >= 11 is 0. The summed E-state index contributed by atoms with van der Waals surface area (Å²) in [5.41, 5.74) is -1.68. The summed E-state index contributed by atoms with van der Waals surface area (Å²) in [6, 6.07) is 3.52. The van der Waals surface area contributed by atoms with Crippen LogP contribution in [0.4, 0.5) is 5.69 Å². The molecule has 0 unspecified atom stereocenters. The van der Waals surface area contributed by atoms with Crippen LogP contribution in [0.1, 0.15) is 48.4 Å². The van der Waals surface area contributed by atoms with Gasteiger partial charge in [0, 0.05) is 37.8 Å². The molecule has 3 rings (SSSR count). The highest BCUT2D eigenvalue weighted by Gasteiger charge is 2.49. The third-order valence-corrected chi connectivity index (χ3v) is 5.59. The van der Waals surface area contributed by atoms with E-state index in [4.69, 9.17) is 0 Å². The van der Waals surface area contributed by atoms with E-state index in [0.717, 1.165) is 16.0 Å². The summed E-state index contributed by atoms with van der Waals surface area (Å²) < 4.78 is 0. The van der Waals surface area contributed by atoms with E-state index in [2.05, 4.69) is 0 Å². The molecular formula is C20H23N4O6. The van der Waals surface area contributed by atoms with Crippen molar-refractivity contribution in [3.63, 3.8) is 0 Å². The number of imide groups is 1. The Bertz CT molecular complexity index is 997. The number of rotatable bonds is 5. The molecule has 0 aromatic heterocycles. The van der Waals surface area contributed by atoms with Crippen LogP contribution in [-0.2, 0) is 10.0 Å². The summed E-state index contributed by atoms with van der Waals surface area (Å²) in [7, 11) is 1.53. The molecule has 0 N–H and O–H groups in total. The number of fused-ring (bicyclic) bond motifs is 1. The van der Waals surface area contributed by atoms with Gasteiger partial charge < -0.3 is 4.90 Å². The van der Waals surface area contributed by atoms with Gasteiger partial charge in [-0.05, 0) is 33.8 Å². The zero-order chi connectivity index (χ0) is 22.6. The minimum atomic E-state index is -1.01. The smallest absolute Gasteiger partial charge is 0.270 e. The number of non-ortho nitro benzene ring substituents is 1. The van der Waals surface area contributed by atoms with Crippen LogP contribution in [0.3, 0.4) is 0 Å². The molecule has 0 saturated heterocycles. The highest BCUT2D eigenvalue weighted by molar-refractivity contribution is 6.21. The molecule has 2 aliphatic heterocycles. The Labute approximate surface area is 173 Å². The van der Waals surface area contributed by atoms with Gasteiger partial charge in [-0.1, -0.05) is 6.08 Å². The van der Waals surface area contributed by atoms with Gasteiger partial charge in [-0.25, -0.2) is 0 Å². The molecule has 2 heterocycles. The van der Waals surface area contributed by atoms with Gasteiger partial charge in [0.05, 0.1) is 27.1 Å². The SMILES string of the molecule is CN(CCN1C(=O)c2ccc([N+](=O)[O-])cc2C1=O)C(=O)C1=CC(C)(C)N([O])C1(C)C. The number of nitro benzene ring substituents is 1. The molecule has 0 atom stereocenters. The van der Waals surface area contributed by atoms with Crippen LogP contribution in [0.15, 0.2) is 29.8 Å². The second kappa shape index (κ2) is 6.99. The largest absolute Gasteiger partial charge is 0.340 e. The van der Waals surface area contributed by atoms with Gasteiger partial charge in [-0.3, -0.25) is 29.4 Å². The van der Waals surface area contributed by atoms with Gasteiger partial charge in [-0.15, -0.1) is 10.3 Å². The molecule has 10 heteroatoms. The monoisotopic (exact) mass is 415 g/mol. The number of hydrogen-bond acceptors (Lipinski definition) is 6. The van der Waals surface area contributed by atoms with Crippen molar-refractivity contribution in [1.82, 2.24) is 14.9 Å². The second-order valence-corrected chi connectivity index (χ2v) is 8.54. The standard InChI is InChI=1S/C20H23N4O6/c1-19(2)11-15(20(3,4)24(19)30)18(27)21(5)8-9-22-16(25)13-7-6-12(23(28)29)10-14(13)17(22)26/h6-7,10-11H,8-9H2,1-5H3. The number of likely N-dealkylation sites (N-methyl/N-ethyl adjacent to an activating group) is 1. The van der Waals surface area contributed by atoms with Crippen LogP contribution >= 0.6 is 0 Å². The van der Waals surface area contributed by atoms with Gasteiger partial charge in [0.25, 0.3) is 23.4 Å². The molecule has 30 heavy (non-hydrogen) atoms. The lowest BCUT2D eigenvalue weighted by atomic mass is 9.95. The number of carbonyl (C=O) groups is 3. The van der Waals surface area contributed by atoms with E-state index in [1.54, 1.807) is 33.8 Å². The summed E-state index contributed by atoms with van der Waals surface area (Å²) in [6.45, 7) is 6.77. The lowest BCUT2D eigenvalue weighted by molar-refractivity contribution is -0.384. The number of hydroxylamine groups is 2. The first-order valence-electron chi connectivity index (χ1n) is 9.40. The molecule has 159 valence electrons. The minimum Gasteiger partial charge on any atom is -0.340 e. The van der Waals surface area contributed by atoms with Gasteiger partial charge in [-0.2, -0.15) is 0 Å². The van der Waals surface area contributed by atoms with Gasteiger partial charge in [0.1, 0.15) is 0 Å². The van der Waals surface area contributed by atoms with Crippen LogP contribution in [0.2, 0.25) is 0 Å². The predicted octanol–water partition coefficient (Wildman–Crippen LogP) is 1.79. The topological polar surface area (TPSA) is 124 Å². The molecule has 1 radical (unpaired) electrons. The van der Waals surface area contributed by atoms with Crippen molar-refractivity contribution in [2.24, 2.45) is 0 Å². The Morgan fingerprint density at radius 1 is 1.13 bits per heavy atom. The van der Waals surface area contributed by atoms with Crippen LogP contribution in [-0.4, -0.2) is 68.7 Å². The Morgan fingerprint density at radius 3 is 2.27 bits per heavy atom. The number of nitro groups is 1. The van der Waals surface area contributed by atoms with E-state index in [9.17, 15) is 29.7 Å². The second-order valence-electron chi connectivity index (χ2n) is 8.54. The minimum absolute atomic E-state index is 0.0217. The molecule has 0 bridgehead atoms. The molecule has 10 nitrogen and oxygen atoms in total. The Morgan fingerprint density at radius 2 is 1.73 bits per heavy atom. The van der Waals surface area contributed by atoms with E-state index in [-0.39, 0.29) is 35.8 Å². The van der Waals surface area contributed by atoms with Crippen molar-refractivity contribution in [3.8, 4) is 0 Å². The average Bonchev–Trinajstić information content (AvgIpc) is 3.01. The molecule has 0 fully saturated rings. The van der Waals surface area contributed by atoms with Crippen molar-refractivity contribution >= 4 is 23.4 Å². The van der Waals surface area contributed by atoms with Crippen LogP contribution in [0, 0.1) is 10.1 Å². The fraction of sp³-hybridized carbons (Fsp3) is 0.450. The number of carbonyl (C=O) groups excluding carboxylic acids is 3. The highest BCUT2D eigenvalue weighted by Crippen LogP contribution is 2.39. The van der Waals surface area contributed by atoms with E-state index in [0.29, 0.717) is 5.57 Å². The molecule has 3 amide bonds. The summed E-state index contributed by atoms with van der Waals surface area (Å²) in [5.74, 6) is -1.55. The Hall–Kier alpha value is -3.11. The van der Waals surface area contributed by atoms with E-state index < -0.39 is 27.8 Å². The maximum absolute atomic E-state index is 12.9. The quantitative estimate of drug-likeness (QED) is 0.410. The van der Waals surface area contributed by atoms with Crippen molar-refractivity contribution < 1.29 is 24.5 Å². The third kappa shape index (κ3) is 3.27. The number of benzene rings is 1. The number of amides is 3. The Balaban J connectivity index is 1.73. The van der Waals surface area contributed by atoms with Crippen LogP contribution in [0.25, 0.3) is 0 Å². The maximum Gasteiger partial charge on any atom is 0.270 e. The predicted molar refractivity (Wildman–Crippen MR) is 105 cm³/mol. The number of nitrogens with zero attached hydrogens (tertiary/aromatic N) is 4. The summed E-state index contributed by atoms with van der Waals surface area (Å²) in [4.78, 5) is 50.6. The van der Waals surface area contributed by atoms with Gasteiger partial charge in [0.2, 0.25) is 0 Å². The van der Waals surface area contributed by atoms with E-state index >= 15 is 0 Å². The molecular weight excluding hydrogens is 392 g/mol. The fourth-order valence-corrected chi connectivity index (χ4v) is 3.89. The molecule has 0 spiro atoms. The fourth-order valence-electron chi connectivity index (χ4n) is 3.89. The third-order valence-electron chi connectivity index (χ3n) is 5.59. The molecule has 0 saturated carbocycles. The molecule has 2 aliphatic rings. The van der Waals surface area contributed by atoms with Crippen LogP contribution < -0.4 is 0 Å². The zero-order valence-corrected chi connectivity index (χ0v) is 17.5. The van der Waals surface area contributed by atoms with Crippen molar-refractivity contribution in [1.29, 1.82) is 0 Å². The van der Waals surface area contributed by atoms with Crippen molar-refractivity contribution in [3.05, 3.63) is 51.1 Å². The van der Waals surface area contributed by atoms with Crippen LogP contribution in [0.5, 0.6) is 0 Å². The van der Waals surface area contributed by atoms with Gasteiger partial charge in [0.15, 0.2) is 0 Å². The van der Waals surface area contributed by atoms with E-state index in [1.807, 2.05) is 0 Å². The van der Waals surface area contributed by atoms with Crippen molar-refractivity contribution in [2.75, 3.05) is 20.1 Å². The van der Waals surface area contributed by atoms with Crippen molar-refractivity contribution in [2.45, 2.75) is 38.8 Å². The number of hydrogen-bond donors (Lipinski definition) is 0. The first kappa shape index (κ1) is 21.6. The zero-order valence-electron chi connectivity index (χ0n) is 17.5. The summed E-state index contributed by atoms with van der Waals surface area (Å²) in [5, 5.41) is 24.3. The highest BCUT2D eigenvalue weighted by atomic mass is 16.6. The molecule has 1 aromatic carbocycles. The van der Waals surface area contributed by atoms with Gasteiger partial charge >= 0.3 is 0 Å². The van der Waals surface area contributed by atoms with E-state index in [1.165, 1.54) is 24.1 Å². The molecule has 0 aliphatic carbocycles. The lowest BCUT2D eigenvalue weighted by Crippen LogP contribution is -2.49. The first-order valence-corrected chi connectivity index (χ1v) is 9.40. The first-order chi connectivity index (χ1) is 13.8. The summed E-state index contributed by atoms with van der Waals surface area (Å²) in [6.07, 6.45) is 1.64. The molecule has 1 aromatic rings. The lowest BCUT2D eigenvalue weighted by Gasteiger charge is -2.34. The maximum atomic E-state index is 12.9. The average molecular weight is 415 g/mol. The normalized spacial score (nSPS) is 19.7. The Kier molecular flexibility index (Phi) is 5.03.